The van der Waals surface area contributed by atoms with Gasteiger partial charge in [-0.2, -0.15) is 23.3 Å². The number of carbonyl (C=O) groups is 1. The van der Waals surface area contributed by atoms with Crippen molar-refractivity contribution in [1.29, 1.82) is 0 Å². The lowest BCUT2D eigenvalue weighted by Crippen LogP contribution is -2.56. The molecule has 1 aromatic heterocycles. The summed E-state index contributed by atoms with van der Waals surface area (Å²) in [6.07, 6.45) is -3.26. The van der Waals surface area contributed by atoms with Crippen LogP contribution >= 0.6 is 0 Å². The van der Waals surface area contributed by atoms with Crippen LogP contribution in [0, 0.1) is 0 Å². The van der Waals surface area contributed by atoms with Gasteiger partial charge in [0.15, 0.2) is 0 Å². The average molecular weight is 273 g/mol. The van der Waals surface area contributed by atoms with Crippen LogP contribution in [0.15, 0.2) is 29.6 Å². The Bertz CT molecular complexity index is 530. The normalized spacial score (nSPS) is 23.4. The summed E-state index contributed by atoms with van der Waals surface area (Å²) in [5.41, 5.74) is -3.36. The SMILES string of the molecule is CC1=NN(C(=O)c2cccnc2)[C@@](O)(C(F)(F)F)C1. The predicted molar refractivity (Wildman–Crippen MR) is 59.1 cm³/mol. The molecule has 1 aliphatic rings. The number of pyridine rings is 1. The third-order valence-corrected chi connectivity index (χ3v) is 2.68. The molecule has 1 amide bonds. The van der Waals surface area contributed by atoms with Gasteiger partial charge >= 0.3 is 6.18 Å². The molecule has 0 bridgehead atoms. The molecule has 5 nitrogen and oxygen atoms in total. The van der Waals surface area contributed by atoms with E-state index in [1.165, 1.54) is 25.3 Å². The molecule has 0 aromatic carbocycles. The standard InChI is InChI=1S/C11H10F3N3O2/c1-7-5-10(19,11(12,13)14)17(16-7)9(18)8-3-2-4-15-6-8/h2-4,6,19H,5H2,1H3/t10-/m0/s1. The van der Waals surface area contributed by atoms with Crippen molar-refractivity contribution in [2.45, 2.75) is 25.2 Å². The first-order valence-electron chi connectivity index (χ1n) is 5.33. The second-order valence-electron chi connectivity index (χ2n) is 4.19. The zero-order valence-corrected chi connectivity index (χ0v) is 9.85. The molecule has 1 aromatic rings. The van der Waals surface area contributed by atoms with Gasteiger partial charge in [0.05, 0.1) is 5.56 Å². The highest BCUT2D eigenvalue weighted by atomic mass is 19.4. The first kappa shape index (κ1) is 13.5. The summed E-state index contributed by atoms with van der Waals surface area (Å²) in [4.78, 5) is 15.6. The van der Waals surface area contributed by atoms with Crippen LogP contribution in [0.5, 0.6) is 0 Å². The number of hydrogen-bond acceptors (Lipinski definition) is 4. The van der Waals surface area contributed by atoms with Gasteiger partial charge in [0.1, 0.15) is 0 Å². The Hall–Kier alpha value is -1.96. The number of hydrazone groups is 1. The maximum absolute atomic E-state index is 12.9. The van der Waals surface area contributed by atoms with Crippen LogP contribution in [0.4, 0.5) is 13.2 Å². The Kier molecular flexibility index (Phi) is 3.05. The van der Waals surface area contributed by atoms with Crippen molar-refractivity contribution in [3.63, 3.8) is 0 Å². The molecule has 1 aliphatic heterocycles. The second-order valence-corrected chi connectivity index (χ2v) is 4.19. The number of alkyl halides is 3. The highest BCUT2D eigenvalue weighted by Gasteiger charge is 2.62. The molecule has 1 atom stereocenters. The number of halogens is 3. The number of aromatic nitrogens is 1. The number of rotatable bonds is 1. The van der Waals surface area contributed by atoms with E-state index in [2.05, 4.69) is 10.1 Å². The number of carbonyl (C=O) groups excluding carboxylic acids is 1. The summed E-state index contributed by atoms with van der Waals surface area (Å²) >= 11 is 0. The number of hydrogen-bond donors (Lipinski definition) is 1. The van der Waals surface area contributed by atoms with Crippen molar-refractivity contribution in [3.8, 4) is 0 Å². The first-order valence-corrected chi connectivity index (χ1v) is 5.33. The van der Waals surface area contributed by atoms with E-state index in [9.17, 15) is 23.1 Å². The molecule has 0 unspecified atom stereocenters. The largest absolute Gasteiger partial charge is 0.438 e. The van der Waals surface area contributed by atoms with E-state index < -0.39 is 24.2 Å². The van der Waals surface area contributed by atoms with Crippen LogP contribution in [0.2, 0.25) is 0 Å². The van der Waals surface area contributed by atoms with E-state index in [0.29, 0.717) is 0 Å². The summed E-state index contributed by atoms with van der Waals surface area (Å²) in [5, 5.41) is 13.3. The molecule has 0 fully saturated rings. The van der Waals surface area contributed by atoms with Crippen LogP contribution < -0.4 is 0 Å². The van der Waals surface area contributed by atoms with E-state index in [0.717, 1.165) is 6.20 Å². The minimum absolute atomic E-state index is 0.0251. The summed E-state index contributed by atoms with van der Waals surface area (Å²) in [7, 11) is 0. The second kappa shape index (κ2) is 4.30. The van der Waals surface area contributed by atoms with E-state index in [1.54, 1.807) is 0 Å². The Balaban J connectivity index is 2.40. The highest BCUT2D eigenvalue weighted by Crippen LogP contribution is 2.40. The molecule has 0 saturated carbocycles. The smallest absolute Gasteiger partial charge is 0.362 e. The van der Waals surface area contributed by atoms with Crippen LogP contribution in [-0.2, 0) is 0 Å². The number of amides is 1. The van der Waals surface area contributed by atoms with Crippen molar-refractivity contribution in [2.24, 2.45) is 5.10 Å². The molecule has 102 valence electrons. The van der Waals surface area contributed by atoms with Crippen molar-refractivity contribution in [1.82, 2.24) is 9.99 Å². The van der Waals surface area contributed by atoms with Crippen LogP contribution in [0.1, 0.15) is 23.7 Å². The molecule has 2 heterocycles. The van der Waals surface area contributed by atoms with E-state index >= 15 is 0 Å². The van der Waals surface area contributed by atoms with Gasteiger partial charge in [0, 0.05) is 24.5 Å². The van der Waals surface area contributed by atoms with Gasteiger partial charge in [-0.3, -0.25) is 9.78 Å². The lowest BCUT2D eigenvalue weighted by atomic mass is 10.1. The maximum Gasteiger partial charge on any atom is 0.438 e. The Morgan fingerprint density at radius 3 is 2.74 bits per heavy atom. The fraction of sp³-hybridized carbons (Fsp3) is 0.364. The molecular weight excluding hydrogens is 263 g/mol. The van der Waals surface area contributed by atoms with Gasteiger partial charge < -0.3 is 5.11 Å². The monoisotopic (exact) mass is 273 g/mol. The zero-order valence-electron chi connectivity index (χ0n) is 9.85. The summed E-state index contributed by atoms with van der Waals surface area (Å²) < 4.78 is 38.7. The van der Waals surface area contributed by atoms with Crippen molar-refractivity contribution < 1.29 is 23.1 Å². The molecule has 1 N–H and O–H groups in total. The molecule has 2 rings (SSSR count). The van der Waals surface area contributed by atoms with Crippen molar-refractivity contribution in [3.05, 3.63) is 30.1 Å². The quantitative estimate of drug-likeness (QED) is 0.844. The highest BCUT2D eigenvalue weighted by molar-refractivity contribution is 5.97. The molecule has 8 heteroatoms. The minimum atomic E-state index is -4.99. The van der Waals surface area contributed by atoms with Crippen LogP contribution in [-0.4, -0.2) is 38.6 Å². The minimum Gasteiger partial charge on any atom is -0.362 e. The summed E-state index contributed by atoms with van der Waals surface area (Å²) in [5.74, 6) is -1.05. The van der Waals surface area contributed by atoms with Gasteiger partial charge in [-0.1, -0.05) is 0 Å². The fourth-order valence-corrected chi connectivity index (χ4v) is 1.77. The lowest BCUT2D eigenvalue weighted by Gasteiger charge is -2.32. The molecule has 0 spiro atoms. The number of nitrogens with zero attached hydrogens (tertiary/aromatic N) is 3. The Morgan fingerprint density at radius 1 is 1.53 bits per heavy atom. The van der Waals surface area contributed by atoms with Crippen molar-refractivity contribution in [2.75, 3.05) is 0 Å². The zero-order chi connectivity index (χ0) is 14.3. The summed E-state index contributed by atoms with van der Waals surface area (Å²) in [6, 6.07) is 2.71. The molecule has 0 aliphatic carbocycles. The van der Waals surface area contributed by atoms with Gasteiger partial charge in [-0.25, -0.2) is 0 Å². The van der Waals surface area contributed by atoms with E-state index in [4.69, 9.17) is 0 Å². The third kappa shape index (κ3) is 2.19. The van der Waals surface area contributed by atoms with E-state index in [-0.39, 0.29) is 16.3 Å². The first-order chi connectivity index (χ1) is 8.75. The molecular formula is C11H10F3N3O2. The van der Waals surface area contributed by atoms with Gasteiger partial charge in [0.2, 0.25) is 0 Å². The Morgan fingerprint density at radius 2 is 2.21 bits per heavy atom. The Labute approximate surface area is 106 Å². The average Bonchev–Trinajstić information content (AvgIpc) is 2.65. The maximum atomic E-state index is 12.9. The van der Waals surface area contributed by atoms with Gasteiger partial charge in [-0.15, -0.1) is 0 Å². The summed E-state index contributed by atoms with van der Waals surface area (Å²) in [6.45, 7) is 1.31. The number of aliphatic hydroxyl groups is 1. The molecule has 0 radical (unpaired) electrons. The topological polar surface area (TPSA) is 65.8 Å². The molecule has 0 saturated heterocycles. The van der Waals surface area contributed by atoms with Gasteiger partial charge in [0.25, 0.3) is 11.6 Å². The lowest BCUT2D eigenvalue weighted by molar-refractivity contribution is -0.297. The van der Waals surface area contributed by atoms with Crippen molar-refractivity contribution >= 4 is 11.6 Å². The third-order valence-electron chi connectivity index (χ3n) is 2.68. The fourth-order valence-electron chi connectivity index (χ4n) is 1.77. The predicted octanol–water partition coefficient (Wildman–Crippen LogP) is 1.55. The van der Waals surface area contributed by atoms with Gasteiger partial charge in [-0.05, 0) is 19.1 Å². The van der Waals surface area contributed by atoms with E-state index in [1.807, 2.05) is 0 Å². The van der Waals surface area contributed by atoms with Crippen LogP contribution in [0.25, 0.3) is 0 Å². The molecule has 19 heavy (non-hydrogen) atoms. The van der Waals surface area contributed by atoms with Crippen LogP contribution in [0.3, 0.4) is 0 Å².